The van der Waals surface area contributed by atoms with Crippen molar-refractivity contribution in [2.24, 2.45) is 4.99 Å². The van der Waals surface area contributed by atoms with Crippen LogP contribution in [0.15, 0.2) is 35.5 Å². The van der Waals surface area contributed by atoms with E-state index in [2.05, 4.69) is 22.2 Å². The van der Waals surface area contributed by atoms with Crippen LogP contribution in [0.3, 0.4) is 0 Å². The van der Waals surface area contributed by atoms with Crippen molar-refractivity contribution in [2.45, 2.75) is 13.5 Å². The molecule has 0 bridgehead atoms. The van der Waals surface area contributed by atoms with E-state index in [-0.39, 0.29) is 0 Å². The summed E-state index contributed by atoms with van der Waals surface area (Å²) in [6, 6.07) is 7.57. The summed E-state index contributed by atoms with van der Waals surface area (Å²) in [6.07, 6.45) is 1.89. The molecule has 24 heavy (non-hydrogen) atoms. The molecule has 7 heteroatoms. The minimum Gasteiger partial charge on any atom is -0.497 e. The van der Waals surface area contributed by atoms with Gasteiger partial charge in [-0.3, -0.25) is 4.99 Å². The highest BCUT2D eigenvalue weighted by Crippen LogP contribution is 2.16. The topological polar surface area (TPSA) is 59.0 Å². The molecule has 0 fully saturated rings. The predicted molar refractivity (Wildman–Crippen MR) is 98.2 cm³/mol. The third-order valence-electron chi connectivity index (χ3n) is 3.40. The van der Waals surface area contributed by atoms with Gasteiger partial charge in [-0.15, -0.1) is 11.3 Å². The first-order valence-electron chi connectivity index (χ1n) is 7.72. The van der Waals surface area contributed by atoms with Gasteiger partial charge < -0.3 is 19.7 Å². The SMILES string of the molecule is CN=C(NCc1ncc(C)s1)N(C)CCOc1ccc(OC)cc1. The Kier molecular flexibility index (Phi) is 6.87. The van der Waals surface area contributed by atoms with Gasteiger partial charge in [0.2, 0.25) is 0 Å². The Bertz CT molecular complexity index is 655. The van der Waals surface area contributed by atoms with E-state index in [1.807, 2.05) is 42.4 Å². The summed E-state index contributed by atoms with van der Waals surface area (Å²) in [5.74, 6) is 2.47. The monoisotopic (exact) mass is 348 g/mol. The smallest absolute Gasteiger partial charge is 0.193 e. The van der Waals surface area contributed by atoms with Crippen molar-refractivity contribution < 1.29 is 9.47 Å². The van der Waals surface area contributed by atoms with Gasteiger partial charge in [0.25, 0.3) is 0 Å². The van der Waals surface area contributed by atoms with E-state index in [9.17, 15) is 0 Å². The Balaban J connectivity index is 1.75. The van der Waals surface area contributed by atoms with Crippen LogP contribution in [-0.2, 0) is 6.54 Å². The fourth-order valence-electron chi connectivity index (χ4n) is 2.10. The molecule has 1 heterocycles. The maximum atomic E-state index is 5.75. The molecule has 0 unspecified atom stereocenters. The molecule has 2 rings (SSSR count). The minimum atomic E-state index is 0.569. The van der Waals surface area contributed by atoms with Crippen molar-refractivity contribution in [3.05, 3.63) is 40.3 Å². The summed E-state index contributed by atoms with van der Waals surface area (Å²) in [7, 11) is 5.41. The summed E-state index contributed by atoms with van der Waals surface area (Å²) in [5.41, 5.74) is 0. The highest BCUT2D eigenvalue weighted by Gasteiger charge is 2.07. The van der Waals surface area contributed by atoms with Gasteiger partial charge in [-0.05, 0) is 31.2 Å². The standard InChI is InChI=1S/C17H24N4O2S/c1-13-11-19-16(24-13)12-20-17(18-2)21(3)9-10-23-15-7-5-14(22-4)6-8-15/h5-8,11H,9-10,12H2,1-4H3,(H,18,20). The summed E-state index contributed by atoms with van der Waals surface area (Å²) < 4.78 is 10.9. The second-order valence-electron chi connectivity index (χ2n) is 5.21. The van der Waals surface area contributed by atoms with Crippen LogP contribution >= 0.6 is 11.3 Å². The molecule has 0 atom stereocenters. The Morgan fingerprint density at radius 3 is 2.58 bits per heavy atom. The van der Waals surface area contributed by atoms with Crippen LogP contribution in [0.1, 0.15) is 9.88 Å². The van der Waals surface area contributed by atoms with Gasteiger partial charge in [0.1, 0.15) is 23.1 Å². The zero-order valence-electron chi connectivity index (χ0n) is 14.6. The average molecular weight is 348 g/mol. The van der Waals surface area contributed by atoms with E-state index < -0.39 is 0 Å². The van der Waals surface area contributed by atoms with Crippen molar-refractivity contribution in [1.82, 2.24) is 15.2 Å². The average Bonchev–Trinajstić information content (AvgIpc) is 3.01. The Morgan fingerprint density at radius 1 is 1.29 bits per heavy atom. The zero-order chi connectivity index (χ0) is 17.4. The minimum absolute atomic E-state index is 0.569. The number of hydrogen-bond acceptors (Lipinski definition) is 5. The lowest BCUT2D eigenvalue weighted by Gasteiger charge is -2.21. The van der Waals surface area contributed by atoms with Crippen molar-refractivity contribution in [3.8, 4) is 11.5 Å². The quantitative estimate of drug-likeness (QED) is 0.615. The summed E-state index contributed by atoms with van der Waals surface area (Å²) >= 11 is 1.69. The molecule has 1 aromatic carbocycles. The molecule has 0 spiro atoms. The molecule has 1 N–H and O–H groups in total. The molecule has 130 valence electrons. The Labute approximate surface area is 147 Å². The number of methoxy groups -OCH3 is 1. The second-order valence-corrected chi connectivity index (χ2v) is 6.53. The number of aliphatic imine (C=N–C) groups is 1. The molecule has 1 aromatic heterocycles. The lowest BCUT2D eigenvalue weighted by molar-refractivity contribution is 0.281. The van der Waals surface area contributed by atoms with E-state index in [0.717, 1.165) is 29.0 Å². The third-order valence-corrected chi connectivity index (χ3v) is 4.31. The van der Waals surface area contributed by atoms with E-state index in [0.29, 0.717) is 13.2 Å². The molecule has 0 amide bonds. The van der Waals surface area contributed by atoms with E-state index in [1.165, 1.54) is 4.88 Å². The molecule has 0 aliphatic rings. The molecule has 0 saturated heterocycles. The van der Waals surface area contributed by atoms with Crippen LogP contribution in [0.4, 0.5) is 0 Å². The number of nitrogens with one attached hydrogen (secondary N) is 1. The van der Waals surface area contributed by atoms with Crippen LogP contribution in [0.5, 0.6) is 11.5 Å². The van der Waals surface area contributed by atoms with Crippen molar-refractivity contribution in [1.29, 1.82) is 0 Å². The number of likely N-dealkylation sites (N-methyl/N-ethyl adjacent to an activating group) is 1. The molecule has 0 saturated carbocycles. The number of benzene rings is 1. The summed E-state index contributed by atoms with van der Waals surface area (Å²) in [5, 5.41) is 4.37. The van der Waals surface area contributed by atoms with E-state index in [4.69, 9.17) is 9.47 Å². The fourth-order valence-corrected chi connectivity index (χ4v) is 2.83. The van der Waals surface area contributed by atoms with Crippen LogP contribution in [-0.4, -0.2) is 50.2 Å². The maximum Gasteiger partial charge on any atom is 0.193 e. The maximum absolute atomic E-state index is 5.75. The van der Waals surface area contributed by atoms with Gasteiger partial charge in [-0.2, -0.15) is 0 Å². The predicted octanol–water partition coefficient (Wildman–Crippen LogP) is 2.55. The molecular formula is C17H24N4O2S. The van der Waals surface area contributed by atoms with Crippen molar-refractivity contribution in [2.75, 3.05) is 34.4 Å². The number of ether oxygens (including phenoxy) is 2. The molecular weight excluding hydrogens is 324 g/mol. The number of nitrogens with zero attached hydrogens (tertiary/aromatic N) is 3. The molecule has 2 aromatic rings. The lowest BCUT2D eigenvalue weighted by atomic mass is 10.3. The number of hydrogen-bond donors (Lipinski definition) is 1. The summed E-state index contributed by atoms with van der Waals surface area (Å²) in [6.45, 7) is 4.02. The second kappa shape index (κ2) is 9.12. The third kappa shape index (κ3) is 5.42. The van der Waals surface area contributed by atoms with Gasteiger partial charge in [0.15, 0.2) is 5.96 Å². The van der Waals surface area contributed by atoms with Gasteiger partial charge in [-0.25, -0.2) is 4.98 Å². The lowest BCUT2D eigenvalue weighted by Crippen LogP contribution is -2.40. The molecule has 0 radical (unpaired) electrons. The number of rotatable bonds is 7. The van der Waals surface area contributed by atoms with E-state index in [1.54, 1.807) is 25.5 Å². The number of aromatic nitrogens is 1. The zero-order valence-corrected chi connectivity index (χ0v) is 15.4. The van der Waals surface area contributed by atoms with Crippen LogP contribution in [0.2, 0.25) is 0 Å². The Morgan fingerprint density at radius 2 is 2.00 bits per heavy atom. The van der Waals surface area contributed by atoms with Gasteiger partial charge in [-0.1, -0.05) is 0 Å². The van der Waals surface area contributed by atoms with Crippen molar-refractivity contribution >= 4 is 17.3 Å². The largest absolute Gasteiger partial charge is 0.497 e. The first-order valence-corrected chi connectivity index (χ1v) is 8.54. The van der Waals surface area contributed by atoms with Gasteiger partial charge >= 0.3 is 0 Å². The molecule has 0 aliphatic heterocycles. The van der Waals surface area contributed by atoms with Crippen LogP contribution in [0.25, 0.3) is 0 Å². The molecule has 6 nitrogen and oxygen atoms in total. The summed E-state index contributed by atoms with van der Waals surface area (Å²) in [4.78, 5) is 11.9. The van der Waals surface area contributed by atoms with Crippen LogP contribution < -0.4 is 14.8 Å². The van der Waals surface area contributed by atoms with Crippen LogP contribution in [0, 0.1) is 6.92 Å². The first-order chi connectivity index (χ1) is 11.6. The molecule has 0 aliphatic carbocycles. The van der Waals surface area contributed by atoms with E-state index >= 15 is 0 Å². The number of guanidine groups is 1. The number of aryl methyl sites for hydroxylation is 1. The fraction of sp³-hybridized carbons (Fsp3) is 0.412. The highest BCUT2D eigenvalue weighted by atomic mass is 32.1. The normalized spacial score (nSPS) is 11.2. The van der Waals surface area contributed by atoms with Gasteiger partial charge in [0.05, 0.1) is 20.2 Å². The van der Waals surface area contributed by atoms with Gasteiger partial charge in [0, 0.05) is 25.2 Å². The first kappa shape index (κ1) is 18.1. The van der Waals surface area contributed by atoms with Crippen molar-refractivity contribution in [3.63, 3.8) is 0 Å². The Hall–Kier alpha value is -2.28. The highest BCUT2D eigenvalue weighted by molar-refractivity contribution is 7.11. The number of thiazole rings is 1.